The van der Waals surface area contributed by atoms with E-state index in [1.165, 1.54) is 0 Å². The Labute approximate surface area is 119 Å². The van der Waals surface area contributed by atoms with E-state index in [0.29, 0.717) is 19.7 Å². The van der Waals surface area contributed by atoms with Crippen molar-refractivity contribution in [3.05, 3.63) is 29.8 Å². The van der Waals surface area contributed by atoms with E-state index in [4.69, 9.17) is 15.2 Å². The number of hydrogen-bond acceptors (Lipinski definition) is 4. The van der Waals surface area contributed by atoms with Gasteiger partial charge in [-0.1, -0.05) is 12.1 Å². The maximum atomic E-state index is 11.7. The minimum Gasteiger partial charge on any atom is -0.491 e. The van der Waals surface area contributed by atoms with Gasteiger partial charge in [-0.15, -0.1) is 0 Å². The molecule has 1 heterocycles. The van der Waals surface area contributed by atoms with Gasteiger partial charge in [-0.2, -0.15) is 0 Å². The largest absolute Gasteiger partial charge is 0.491 e. The van der Waals surface area contributed by atoms with Crippen molar-refractivity contribution in [3.8, 4) is 5.75 Å². The topological polar surface area (TPSA) is 64.8 Å². The molecule has 5 nitrogen and oxygen atoms in total. The van der Waals surface area contributed by atoms with Gasteiger partial charge in [-0.25, -0.2) is 0 Å². The Morgan fingerprint density at radius 3 is 2.65 bits per heavy atom. The van der Waals surface area contributed by atoms with Crippen LogP contribution in [0.4, 0.5) is 0 Å². The molecule has 1 amide bonds. The average molecular weight is 278 g/mol. The predicted molar refractivity (Wildman–Crippen MR) is 76.5 cm³/mol. The molecule has 1 aliphatic heterocycles. The van der Waals surface area contributed by atoms with Crippen LogP contribution < -0.4 is 10.5 Å². The summed E-state index contributed by atoms with van der Waals surface area (Å²) in [7, 11) is 0. The lowest BCUT2D eigenvalue weighted by Crippen LogP contribution is -2.44. The van der Waals surface area contributed by atoms with Gasteiger partial charge in [0.15, 0.2) is 0 Å². The normalized spacial score (nSPS) is 17.4. The van der Waals surface area contributed by atoms with E-state index in [1.54, 1.807) is 4.90 Å². The van der Waals surface area contributed by atoms with Gasteiger partial charge in [-0.05, 0) is 31.5 Å². The molecular formula is C15H22N2O3. The summed E-state index contributed by atoms with van der Waals surface area (Å²) in [6.07, 6.45) is 0.153. The van der Waals surface area contributed by atoms with Crippen molar-refractivity contribution in [1.29, 1.82) is 0 Å². The number of nitrogens with zero attached hydrogens (tertiary/aromatic N) is 1. The maximum Gasteiger partial charge on any atom is 0.248 e. The summed E-state index contributed by atoms with van der Waals surface area (Å²) < 4.78 is 10.7. The summed E-state index contributed by atoms with van der Waals surface area (Å²) in [5, 5.41) is 0. The van der Waals surface area contributed by atoms with Crippen LogP contribution in [0, 0.1) is 0 Å². The van der Waals surface area contributed by atoms with Crippen molar-refractivity contribution in [1.82, 2.24) is 4.90 Å². The predicted octanol–water partition coefficient (Wildman–Crippen LogP) is 1.33. The molecule has 2 N–H and O–H groups in total. The zero-order chi connectivity index (χ0) is 14.5. The molecule has 1 aliphatic rings. The van der Waals surface area contributed by atoms with Crippen molar-refractivity contribution in [2.24, 2.45) is 5.73 Å². The van der Waals surface area contributed by atoms with Gasteiger partial charge in [0.25, 0.3) is 0 Å². The van der Waals surface area contributed by atoms with Crippen LogP contribution in [0.2, 0.25) is 0 Å². The molecule has 20 heavy (non-hydrogen) atoms. The monoisotopic (exact) mass is 278 g/mol. The molecule has 110 valence electrons. The molecule has 0 spiro atoms. The van der Waals surface area contributed by atoms with Crippen LogP contribution >= 0.6 is 0 Å². The molecule has 1 unspecified atom stereocenters. The maximum absolute atomic E-state index is 11.7. The quantitative estimate of drug-likeness (QED) is 0.882. The number of carbonyl (C=O) groups excluding carboxylic acids is 1. The lowest BCUT2D eigenvalue weighted by molar-refractivity contribution is -0.142. The minimum absolute atomic E-state index is 0.00598. The van der Waals surface area contributed by atoms with Crippen molar-refractivity contribution < 1.29 is 14.3 Å². The highest BCUT2D eigenvalue weighted by Gasteiger charge is 2.21. The van der Waals surface area contributed by atoms with E-state index in [-0.39, 0.29) is 24.7 Å². The molecule has 0 radical (unpaired) electrons. The highest BCUT2D eigenvalue weighted by atomic mass is 16.5. The number of rotatable bonds is 5. The number of hydrogen-bond donors (Lipinski definition) is 1. The molecule has 1 aromatic carbocycles. The van der Waals surface area contributed by atoms with Crippen LogP contribution in [0.3, 0.4) is 0 Å². The zero-order valence-corrected chi connectivity index (χ0v) is 12.0. The Morgan fingerprint density at radius 1 is 1.35 bits per heavy atom. The standard InChI is InChI=1S/C15H22N2O3/c1-11(2)20-13-5-3-12(4-6-13)14(16)9-17-7-8-19-10-15(17)18/h3-6,11,14H,7-10,16H2,1-2H3. The van der Waals surface area contributed by atoms with Crippen molar-refractivity contribution in [2.45, 2.75) is 26.0 Å². The Morgan fingerprint density at radius 2 is 2.05 bits per heavy atom. The van der Waals surface area contributed by atoms with Crippen LogP contribution in [0.5, 0.6) is 5.75 Å². The summed E-state index contributed by atoms with van der Waals surface area (Å²) in [4.78, 5) is 13.4. The van der Waals surface area contributed by atoms with Crippen LogP contribution in [0.25, 0.3) is 0 Å². The van der Waals surface area contributed by atoms with Gasteiger partial charge in [0.05, 0.1) is 12.7 Å². The van der Waals surface area contributed by atoms with E-state index < -0.39 is 0 Å². The summed E-state index contributed by atoms with van der Waals surface area (Å²) in [5.41, 5.74) is 7.16. The summed E-state index contributed by atoms with van der Waals surface area (Å²) >= 11 is 0. The van der Waals surface area contributed by atoms with E-state index in [0.717, 1.165) is 11.3 Å². The van der Waals surface area contributed by atoms with Gasteiger partial charge < -0.3 is 20.1 Å². The van der Waals surface area contributed by atoms with Crippen LogP contribution in [0.15, 0.2) is 24.3 Å². The highest BCUT2D eigenvalue weighted by molar-refractivity contribution is 5.78. The lowest BCUT2D eigenvalue weighted by atomic mass is 10.1. The van der Waals surface area contributed by atoms with E-state index >= 15 is 0 Å². The number of benzene rings is 1. The zero-order valence-electron chi connectivity index (χ0n) is 12.0. The molecule has 0 aromatic heterocycles. The fraction of sp³-hybridized carbons (Fsp3) is 0.533. The molecule has 0 bridgehead atoms. The fourth-order valence-electron chi connectivity index (χ4n) is 2.15. The minimum atomic E-state index is -0.190. The van der Waals surface area contributed by atoms with E-state index in [1.807, 2.05) is 38.1 Å². The lowest BCUT2D eigenvalue weighted by Gasteiger charge is -2.29. The number of nitrogens with two attached hydrogens (primary N) is 1. The summed E-state index contributed by atoms with van der Waals surface area (Å²) in [5.74, 6) is 0.838. The van der Waals surface area contributed by atoms with Gasteiger partial charge in [0.1, 0.15) is 12.4 Å². The van der Waals surface area contributed by atoms with Crippen molar-refractivity contribution >= 4 is 5.91 Å². The van der Waals surface area contributed by atoms with Gasteiger partial charge in [0.2, 0.25) is 5.91 Å². The van der Waals surface area contributed by atoms with E-state index in [9.17, 15) is 4.79 Å². The smallest absolute Gasteiger partial charge is 0.248 e. The van der Waals surface area contributed by atoms with Gasteiger partial charge >= 0.3 is 0 Å². The second-order valence-corrected chi connectivity index (χ2v) is 5.23. The highest BCUT2D eigenvalue weighted by Crippen LogP contribution is 2.18. The van der Waals surface area contributed by atoms with Crippen LogP contribution in [-0.4, -0.2) is 43.2 Å². The van der Waals surface area contributed by atoms with Gasteiger partial charge in [0, 0.05) is 19.1 Å². The molecule has 1 fully saturated rings. The Kier molecular flexibility index (Phi) is 4.98. The SMILES string of the molecule is CC(C)Oc1ccc(C(N)CN2CCOCC2=O)cc1. The Bertz CT molecular complexity index is 445. The molecule has 0 aliphatic carbocycles. The molecule has 1 saturated heterocycles. The van der Waals surface area contributed by atoms with Crippen molar-refractivity contribution in [3.63, 3.8) is 0 Å². The molecule has 0 saturated carbocycles. The third-order valence-corrected chi connectivity index (χ3v) is 3.18. The third-order valence-electron chi connectivity index (χ3n) is 3.18. The first-order valence-electron chi connectivity index (χ1n) is 6.94. The van der Waals surface area contributed by atoms with Crippen LogP contribution in [0.1, 0.15) is 25.5 Å². The fourth-order valence-corrected chi connectivity index (χ4v) is 2.15. The second-order valence-electron chi connectivity index (χ2n) is 5.23. The number of ether oxygens (including phenoxy) is 2. The number of amides is 1. The van der Waals surface area contributed by atoms with Crippen LogP contribution in [-0.2, 0) is 9.53 Å². The molecular weight excluding hydrogens is 256 g/mol. The molecule has 1 atom stereocenters. The average Bonchev–Trinajstić information content (AvgIpc) is 2.41. The number of morpholine rings is 1. The second kappa shape index (κ2) is 6.72. The first-order valence-corrected chi connectivity index (χ1v) is 6.94. The summed E-state index contributed by atoms with van der Waals surface area (Å²) in [6.45, 7) is 5.86. The van der Waals surface area contributed by atoms with Crippen molar-refractivity contribution in [2.75, 3.05) is 26.3 Å². The summed E-state index contributed by atoms with van der Waals surface area (Å²) in [6, 6.07) is 7.54. The number of carbonyl (C=O) groups is 1. The molecule has 1 aromatic rings. The van der Waals surface area contributed by atoms with E-state index in [2.05, 4.69) is 0 Å². The first-order chi connectivity index (χ1) is 9.56. The van der Waals surface area contributed by atoms with Gasteiger partial charge in [-0.3, -0.25) is 4.79 Å². The first kappa shape index (κ1) is 14.8. The Balaban J connectivity index is 1.94. The third kappa shape index (κ3) is 3.95. The molecule has 5 heteroatoms. The Hall–Kier alpha value is -1.59. The molecule has 2 rings (SSSR count).